The fraction of sp³-hybridized carbons (Fsp3) is 0.562. The van der Waals surface area contributed by atoms with Crippen molar-refractivity contribution in [3.8, 4) is 0 Å². The van der Waals surface area contributed by atoms with Gasteiger partial charge in [0.05, 0.1) is 11.9 Å². The highest BCUT2D eigenvalue weighted by Crippen LogP contribution is 2.20. The number of ether oxygens (including phenoxy) is 1. The summed E-state index contributed by atoms with van der Waals surface area (Å²) in [6.07, 6.45) is 0.914. The highest BCUT2D eigenvalue weighted by molar-refractivity contribution is 5.97. The third-order valence-electron chi connectivity index (χ3n) is 3.01. The number of amides is 2. The van der Waals surface area contributed by atoms with Crippen molar-refractivity contribution in [1.29, 1.82) is 0 Å². The van der Waals surface area contributed by atoms with Crippen LogP contribution in [0.4, 0.5) is 16.3 Å². The first-order chi connectivity index (χ1) is 11.3. The van der Waals surface area contributed by atoms with Gasteiger partial charge in [-0.1, -0.05) is 13.8 Å². The first kappa shape index (κ1) is 19.5. The van der Waals surface area contributed by atoms with Gasteiger partial charge in [0, 0.05) is 13.1 Å². The minimum Gasteiger partial charge on any atom is -0.444 e. The molecule has 1 aliphatic heterocycles. The molecule has 8 heteroatoms. The van der Waals surface area contributed by atoms with E-state index < -0.39 is 11.7 Å². The quantitative estimate of drug-likeness (QED) is 0.774. The Morgan fingerprint density at radius 1 is 1.25 bits per heavy atom. The molecule has 1 saturated heterocycles. The Bertz CT molecular complexity index is 581. The largest absolute Gasteiger partial charge is 0.444 e. The van der Waals surface area contributed by atoms with Crippen molar-refractivity contribution in [3.63, 3.8) is 0 Å². The molecule has 0 aromatic carbocycles. The molecule has 24 heavy (non-hydrogen) atoms. The highest BCUT2D eigenvalue weighted by atomic mass is 16.6. The van der Waals surface area contributed by atoms with Crippen LogP contribution in [-0.2, 0) is 9.53 Å². The molecule has 0 saturated carbocycles. The molecule has 2 rings (SSSR count). The summed E-state index contributed by atoms with van der Waals surface area (Å²) in [4.78, 5) is 41.2. The maximum Gasteiger partial charge on any atom is 0.410 e. The Labute approximate surface area is 141 Å². The molecule has 1 aromatic rings. The van der Waals surface area contributed by atoms with Crippen molar-refractivity contribution in [3.05, 3.63) is 23.2 Å². The number of nitroso groups, excluding NO2 is 1. The molecule has 0 unspecified atom stereocenters. The molecule has 0 spiro atoms. The Kier molecular flexibility index (Phi) is 6.82. The molecule has 0 atom stereocenters. The van der Waals surface area contributed by atoms with E-state index >= 15 is 0 Å². The van der Waals surface area contributed by atoms with Crippen molar-refractivity contribution in [2.24, 2.45) is 5.18 Å². The lowest BCUT2D eigenvalue weighted by molar-refractivity contribution is -0.121. The van der Waals surface area contributed by atoms with Crippen LogP contribution in [0.2, 0.25) is 0 Å². The zero-order chi connectivity index (χ0) is 18.3. The van der Waals surface area contributed by atoms with Gasteiger partial charge in [-0.2, -0.15) is 0 Å². The van der Waals surface area contributed by atoms with Crippen LogP contribution in [-0.4, -0.2) is 47.1 Å². The number of nitrogens with zero attached hydrogens (tertiary/aromatic N) is 4. The molecular weight excluding hydrogens is 312 g/mol. The number of hydrogen-bond acceptors (Lipinski definition) is 6. The van der Waals surface area contributed by atoms with Crippen LogP contribution in [0.15, 0.2) is 23.5 Å². The van der Waals surface area contributed by atoms with Gasteiger partial charge in [-0.15, -0.1) is 4.91 Å². The fourth-order valence-electron chi connectivity index (χ4n) is 2.02. The van der Waals surface area contributed by atoms with Crippen LogP contribution in [0.1, 0.15) is 34.6 Å². The molecule has 0 aliphatic carbocycles. The summed E-state index contributed by atoms with van der Waals surface area (Å²) in [5.41, 5.74) is -0.0278. The van der Waals surface area contributed by atoms with E-state index in [1.165, 1.54) is 22.1 Å². The summed E-state index contributed by atoms with van der Waals surface area (Å²) in [6, 6.07) is 3.04. The molecule has 1 fully saturated rings. The van der Waals surface area contributed by atoms with Gasteiger partial charge in [-0.05, 0) is 38.1 Å². The second-order valence-electron chi connectivity index (χ2n) is 5.91. The van der Waals surface area contributed by atoms with E-state index in [9.17, 15) is 14.5 Å². The van der Waals surface area contributed by atoms with Crippen molar-refractivity contribution in [2.45, 2.75) is 40.2 Å². The summed E-state index contributed by atoms with van der Waals surface area (Å²) >= 11 is 0. The molecule has 1 aliphatic rings. The Morgan fingerprint density at radius 2 is 1.92 bits per heavy atom. The van der Waals surface area contributed by atoms with Crippen molar-refractivity contribution in [2.75, 3.05) is 24.5 Å². The number of anilines is 1. The molecule has 1 aromatic heterocycles. The minimum absolute atomic E-state index is 0.0530. The lowest BCUT2D eigenvalue weighted by Crippen LogP contribution is -2.53. The average Bonchev–Trinajstić information content (AvgIpc) is 2.55. The maximum atomic E-state index is 12.2. The van der Waals surface area contributed by atoms with E-state index in [0.717, 1.165) is 0 Å². The summed E-state index contributed by atoms with van der Waals surface area (Å²) in [5.74, 6) is -0.172. The normalized spacial score (nSPS) is 14.6. The molecule has 132 valence electrons. The van der Waals surface area contributed by atoms with Gasteiger partial charge < -0.3 is 9.64 Å². The minimum atomic E-state index is -0.598. The number of carbonyl (C=O) groups excluding carboxylic acids is 2. The lowest BCUT2D eigenvalue weighted by Gasteiger charge is -2.35. The number of pyridine rings is 1. The van der Waals surface area contributed by atoms with Gasteiger partial charge in [0.15, 0.2) is 5.82 Å². The Morgan fingerprint density at radius 3 is 2.38 bits per heavy atom. The molecule has 8 nitrogen and oxygen atoms in total. The van der Waals surface area contributed by atoms with Crippen LogP contribution in [0.3, 0.4) is 0 Å². The summed E-state index contributed by atoms with van der Waals surface area (Å²) in [6.45, 7) is 9.98. The molecule has 0 radical (unpaired) electrons. The molecule has 2 amide bonds. The number of carbonyl (C=O) groups is 2. The maximum absolute atomic E-state index is 12.2. The first-order valence-electron chi connectivity index (χ1n) is 7.88. The van der Waals surface area contributed by atoms with Crippen LogP contribution < -0.4 is 4.90 Å². The number of rotatable bonds is 2. The number of hydrogen-bond donors (Lipinski definition) is 0. The standard InChI is InChI=1S/C14H18N4O4.C2H6/c1-14(2,3)22-13(20)17-6-7-18(12(19)9-17)10-4-5-11(16-21)15-8-10;1-2/h4-5,8H,6-7,9H2,1-3H3;1-2H3. The topological polar surface area (TPSA) is 92.2 Å². The van der Waals surface area contributed by atoms with E-state index in [0.29, 0.717) is 18.8 Å². The molecular formula is C16H24N4O4. The van der Waals surface area contributed by atoms with Gasteiger partial charge in [0.2, 0.25) is 5.91 Å². The van der Waals surface area contributed by atoms with E-state index in [1.54, 1.807) is 26.8 Å². The van der Waals surface area contributed by atoms with Crippen LogP contribution in [0.25, 0.3) is 0 Å². The molecule has 0 bridgehead atoms. The van der Waals surface area contributed by atoms with Gasteiger partial charge >= 0.3 is 6.09 Å². The van der Waals surface area contributed by atoms with Gasteiger partial charge in [-0.25, -0.2) is 9.78 Å². The zero-order valence-electron chi connectivity index (χ0n) is 14.8. The summed E-state index contributed by atoms with van der Waals surface area (Å²) < 4.78 is 5.25. The van der Waals surface area contributed by atoms with Crippen LogP contribution in [0.5, 0.6) is 0 Å². The monoisotopic (exact) mass is 336 g/mol. The van der Waals surface area contributed by atoms with E-state index in [2.05, 4.69) is 10.2 Å². The predicted octanol–water partition coefficient (Wildman–Crippen LogP) is 3.09. The summed E-state index contributed by atoms with van der Waals surface area (Å²) in [7, 11) is 0. The number of aromatic nitrogens is 1. The second-order valence-corrected chi connectivity index (χ2v) is 5.91. The lowest BCUT2D eigenvalue weighted by atomic mass is 10.2. The van der Waals surface area contributed by atoms with E-state index in [-0.39, 0.29) is 18.3 Å². The fourth-order valence-corrected chi connectivity index (χ4v) is 2.02. The zero-order valence-corrected chi connectivity index (χ0v) is 14.8. The summed E-state index contributed by atoms with van der Waals surface area (Å²) in [5, 5.41) is 2.71. The third kappa shape index (κ3) is 5.29. The van der Waals surface area contributed by atoms with Gasteiger partial charge in [-0.3, -0.25) is 9.69 Å². The van der Waals surface area contributed by atoms with Crippen LogP contribution in [0, 0.1) is 4.91 Å². The van der Waals surface area contributed by atoms with E-state index in [1.807, 2.05) is 13.8 Å². The van der Waals surface area contributed by atoms with Crippen molar-refractivity contribution >= 4 is 23.5 Å². The molecule has 2 heterocycles. The Hall–Kier alpha value is -2.51. The second kappa shape index (κ2) is 8.37. The van der Waals surface area contributed by atoms with Crippen molar-refractivity contribution in [1.82, 2.24) is 9.88 Å². The highest BCUT2D eigenvalue weighted by Gasteiger charge is 2.30. The Balaban J connectivity index is 0.00000139. The SMILES string of the molecule is CC.CC(C)(C)OC(=O)N1CCN(c2ccc(N=O)nc2)C(=O)C1. The first-order valence-corrected chi connectivity index (χ1v) is 7.88. The van der Waals surface area contributed by atoms with Gasteiger partial charge in [0.25, 0.3) is 0 Å². The average molecular weight is 336 g/mol. The van der Waals surface area contributed by atoms with Crippen LogP contribution >= 0.6 is 0 Å². The van der Waals surface area contributed by atoms with Gasteiger partial charge in [0.1, 0.15) is 12.1 Å². The smallest absolute Gasteiger partial charge is 0.410 e. The third-order valence-corrected chi connectivity index (χ3v) is 3.01. The predicted molar refractivity (Wildman–Crippen MR) is 91.2 cm³/mol. The van der Waals surface area contributed by atoms with E-state index in [4.69, 9.17) is 4.74 Å². The van der Waals surface area contributed by atoms with Crippen molar-refractivity contribution < 1.29 is 14.3 Å². The number of piperazine rings is 1. The molecule has 0 N–H and O–H groups in total.